The lowest BCUT2D eigenvalue weighted by Crippen LogP contribution is -1.95. The zero-order chi connectivity index (χ0) is 10.4. The third-order valence-electron chi connectivity index (χ3n) is 1.67. The topological polar surface area (TPSA) is 35.2 Å². The smallest absolute Gasteiger partial charge is 0.142 e. The number of hydrogen-bond donors (Lipinski definition) is 1. The van der Waals surface area contributed by atoms with Crippen molar-refractivity contribution in [1.29, 1.82) is 0 Å². The fourth-order valence-electron chi connectivity index (χ4n) is 0.954. The van der Waals surface area contributed by atoms with Gasteiger partial charge in [-0.25, -0.2) is 4.39 Å². The average molecular weight is 193 g/mol. The Bertz CT molecular complexity index is 365. The molecule has 0 unspecified atom stereocenters. The number of hydrogen-bond acceptors (Lipinski definition) is 2. The summed E-state index contributed by atoms with van der Waals surface area (Å²) in [5.41, 5.74) is 5.63. The predicted octanol–water partition coefficient (Wildman–Crippen LogP) is 1.53. The molecule has 0 spiro atoms. The van der Waals surface area contributed by atoms with Gasteiger partial charge in [-0.1, -0.05) is 11.8 Å². The molecule has 74 valence electrons. The van der Waals surface area contributed by atoms with Gasteiger partial charge in [-0.3, -0.25) is 0 Å². The van der Waals surface area contributed by atoms with Gasteiger partial charge in [0, 0.05) is 19.0 Å². The Hall–Kier alpha value is -1.53. The van der Waals surface area contributed by atoms with Gasteiger partial charge >= 0.3 is 0 Å². The van der Waals surface area contributed by atoms with Crippen LogP contribution in [0, 0.1) is 17.7 Å². The average Bonchev–Trinajstić information content (AvgIpc) is 2.20. The van der Waals surface area contributed by atoms with Gasteiger partial charge in [0.05, 0.1) is 12.7 Å². The molecule has 14 heavy (non-hydrogen) atoms. The molecule has 1 aromatic rings. The van der Waals surface area contributed by atoms with Gasteiger partial charge in [0.15, 0.2) is 0 Å². The van der Waals surface area contributed by atoms with Crippen LogP contribution in [0.3, 0.4) is 0 Å². The quantitative estimate of drug-likeness (QED) is 0.723. The molecule has 3 heteroatoms. The van der Waals surface area contributed by atoms with Crippen LogP contribution in [-0.2, 0) is 0 Å². The number of ether oxygens (including phenoxy) is 1. The van der Waals surface area contributed by atoms with Gasteiger partial charge in [0.25, 0.3) is 0 Å². The highest BCUT2D eigenvalue weighted by atomic mass is 19.1. The Morgan fingerprint density at radius 1 is 1.50 bits per heavy atom. The van der Waals surface area contributed by atoms with E-state index in [1.54, 1.807) is 12.1 Å². The second-order valence-electron chi connectivity index (χ2n) is 2.69. The molecule has 2 N–H and O–H groups in total. The Balaban J connectivity index is 2.85. The molecule has 0 aliphatic heterocycles. The predicted molar refractivity (Wildman–Crippen MR) is 53.5 cm³/mol. The summed E-state index contributed by atoms with van der Waals surface area (Å²) >= 11 is 0. The van der Waals surface area contributed by atoms with Gasteiger partial charge in [-0.15, -0.1) is 0 Å². The van der Waals surface area contributed by atoms with Gasteiger partial charge in [0.2, 0.25) is 0 Å². The van der Waals surface area contributed by atoms with Crippen LogP contribution in [0.4, 0.5) is 4.39 Å². The first kappa shape index (κ1) is 10.6. The van der Waals surface area contributed by atoms with Crippen molar-refractivity contribution in [1.82, 2.24) is 0 Å². The lowest BCUT2D eigenvalue weighted by atomic mass is 10.2. The van der Waals surface area contributed by atoms with Crippen molar-refractivity contribution < 1.29 is 9.13 Å². The first-order chi connectivity index (χ1) is 6.77. The molecule has 0 radical (unpaired) electrons. The SMILES string of the molecule is COc1ccc(C#CCCN)c(F)c1. The first-order valence-electron chi connectivity index (χ1n) is 4.30. The lowest BCUT2D eigenvalue weighted by Gasteiger charge is -1.99. The maximum absolute atomic E-state index is 13.3. The van der Waals surface area contributed by atoms with Crippen LogP contribution in [0.1, 0.15) is 12.0 Å². The molecule has 0 amide bonds. The molecule has 0 heterocycles. The summed E-state index contributed by atoms with van der Waals surface area (Å²) < 4.78 is 18.1. The van der Waals surface area contributed by atoms with Gasteiger partial charge < -0.3 is 10.5 Å². The number of halogens is 1. The van der Waals surface area contributed by atoms with Crippen LogP contribution in [0.2, 0.25) is 0 Å². The highest BCUT2D eigenvalue weighted by molar-refractivity contribution is 5.39. The first-order valence-corrected chi connectivity index (χ1v) is 4.30. The molecule has 0 aromatic heterocycles. The van der Waals surface area contributed by atoms with Gasteiger partial charge in [-0.05, 0) is 12.1 Å². The normalized spacial score (nSPS) is 9.07. The third kappa shape index (κ3) is 2.75. The van der Waals surface area contributed by atoms with Crippen LogP contribution in [0.15, 0.2) is 18.2 Å². The zero-order valence-electron chi connectivity index (χ0n) is 8.01. The summed E-state index contributed by atoms with van der Waals surface area (Å²) in [5.74, 6) is 5.60. The largest absolute Gasteiger partial charge is 0.497 e. The molecule has 0 aliphatic rings. The van der Waals surface area contributed by atoms with Crippen LogP contribution in [0.25, 0.3) is 0 Å². The van der Waals surface area contributed by atoms with Crippen molar-refractivity contribution in [2.24, 2.45) is 5.73 Å². The molecule has 1 aromatic carbocycles. The second kappa shape index (κ2) is 5.25. The lowest BCUT2D eigenvalue weighted by molar-refractivity contribution is 0.411. The van der Waals surface area contributed by atoms with Gasteiger partial charge in [-0.2, -0.15) is 0 Å². The molecule has 0 saturated carbocycles. The Labute approximate surface area is 82.9 Å². The van der Waals surface area contributed by atoms with Crippen LogP contribution in [0.5, 0.6) is 5.75 Å². The zero-order valence-corrected chi connectivity index (χ0v) is 8.01. The minimum absolute atomic E-state index is 0.367. The molecule has 0 aliphatic carbocycles. The van der Waals surface area contributed by atoms with Crippen molar-refractivity contribution in [2.75, 3.05) is 13.7 Å². The maximum atomic E-state index is 13.3. The molecular formula is C11H12FNO. The van der Waals surface area contributed by atoms with Crippen molar-refractivity contribution in [3.05, 3.63) is 29.6 Å². The molecular weight excluding hydrogens is 181 g/mol. The Morgan fingerprint density at radius 3 is 2.86 bits per heavy atom. The van der Waals surface area contributed by atoms with Crippen molar-refractivity contribution in [2.45, 2.75) is 6.42 Å². The van der Waals surface area contributed by atoms with E-state index in [4.69, 9.17) is 10.5 Å². The Morgan fingerprint density at radius 2 is 2.29 bits per heavy atom. The summed E-state index contributed by atoms with van der Waals surface area (Å²) in [5, 5.41) is 0. The molecule has 0 atom stereocenters. The summed E-state index contributed by atoms with van der Waals surface area (Å²) in [4.78, 5) is 0. The number of rotatable bonds is 2. The van der Waals surface area contributed by atoms with E-state index >= 15 is 0 Å². The number of methoxy groups -OCH3 is 1. The fourth-order valence-corrected chi connectivity index (χ4v) is 0.954. The molecule has 1 rings (SSSR count). The second-order valence-corrected chi connectivity index (χ2v) is 2.69. The summed E-state index contributed by atoms with van der Waals surface area (Å²) in [6, 6.07) is 4.58. The van der Waals surface area contributed by atoms with E-state index < -0.39 is 0 Å². The van der Waals surface area contributed by atoms with Crippen molar-refractivity contribution in [3.63, 3.8) is 0 Å². The number of nitrogens with two attached hydrogens (primary N) is 1. The molecule has 2 nitrogen and oxygen atoms in total. The molecule has 0 fully saturated rings. The van der Waals surface area contributed by atoms with E-state index in [2.05, 4.69) is 11.8 Å². The van der Waals surface area contributed by atoms with E-state index in [0.29, 0.717) is 24.3 Å². The van der Waals surface area contributed by atoms with E-state index in [1.165, 1.54) is 13.2 Å². The van der Waals surface area contributed by atoms with E-state index in [9.17, 15) is 4.39 Å². The maximum Gasteiger partial charge on any atom is 0.142 e. The summed E-state index contributed by atoms with van der Waals surface area (Å²) in [6.07, 6.45) is 0.575. The molecule has 0 bridgehead atoms. The van der Waals surface area contributed by atoms with Crippen LogP contribution < -0.4 is 10.5 Å². The van der Waals surface area contributed by atoms with Crippen molar-refractivity contribution in [3.8, 4) is 17.6 Å². The van der Waals surface area contributed by atoms with Gasteiger partial charge in [0.1, 0.15) is 11.6 Å². The monoisotopic (exact) mass is 193 g/mol. The minimum Gasteiger partial charge on any atom is -0.497 e. The Kier molecular flexibility index (Phi) is 3.96. The summed E-state index contributed by atoms with van der Waals surface area (Å²) in [7, 11) is 1.49. The highest BCUT2D eigenvalue weighted by Crippen LogP contribution is 2.15. The molecule has 0 saturated heterocycles. The van der Waals surface area contributed by atoms with Crippen LogP contribution >= 0.6 is 0 Å². The van der Waals surface area contributed by atoms with Crippen LogP contribution in [-0.4, -0.2) is 13.7 Å². The number of benzene rings is 1. The fraction of sp³-hybridized carbons (Fsp3) is 0.273. The highest BCUT2D eigenvalue weighted by Gasteiger charge is 2.00. The van der Waals surface area contributed by atoms with Crippen molar-refractivity contribution >= 4 is 0 Å². The minimum atomic E-state index is -0.367. The summed E-state index contributed by atoms with van der Waals surface area (Å²) in [6.45, 7) is 0.491. The van der Waals surface area contributed by atoms with E-state index in [-0.39, 0.29) is 5.82 Å². The van der Waals surface area contributed by atoms with E-state index in [0.717, 1.165) is 0 Å². The standard InChI is InChI=1S/C11H12FNO/c1-14-10-6-5-9(11(12)8-10)4-2-3-7-13/h5-6,8H,3,7,13H2,1H3. The third-order valence-corrected chi connectivity index (χ3v) is 1.67. The van der Waals surface area contributed by atoms with E-state index in [1.807, 2.05) is 0 Å².